The molecule has 22 heavy (non-hydrogen) atoms. The number of Topliss-reactive ketones (excluding diaryl/α,β-unsaturated/α-hetero) is 1. The van der Waals surface area contributed by atoms with E-state index < -0.39 is 0 Å². The van der Waals surface area contributed by atoms with Gasteiger partial charge in [-0.3, -0.25) is 4.79 Å². The van der Waals surface area contributed by atoms with Crippen molar-refractivity contribution in [1.82, 2.24) is 0 Å². The van der Waals surface area contributed by atoms with Crippen LogP contribution in [-0.4, -0.2) is 16.0 Å². The van der Waals surface area contributed by atoms with Gasteiger partial charge in [0.1, 0.15) is 11.5 Å². The van der Waals surface area contributed by atoms with Crippen molar-refractivity contribution >= 4 is 17.9 Å². The molecule has 0 saturated carbocycles. The van der Waals surface area contributed by atoms with Crippen LogP contribution in [0.4, 0.5) is 0 Å². The van der Waals surface area contributed by atoms with Crippen LogP contribution in [0.3, 0.4) is 0 Å². The number of ketones is 1. The van der Waals surface area contributed by atoms with Crippen LogP contribution in [0.1, 0.15) is 25.0 Å². The fraction of sp³-hybridized carbons (Fsp3) is 0.105. The molecule has 2 aromatic carbocycles. The van der Waals surface area contributed by atoms with Crippen LogP contribution in [0.25, 0.3) is 12.2 Å². The lowest BCUT2D eigenvalue weighted by Gasteiger charge is -2.03. The Labute approximate surface area is 129 Å². The minimum Gasteiger partial charge on any atom is -0.508 e. The normalized spacial score (nSPS) is 12.3. The molecule has 0 aliphatic heterocycles. The summed E-state index contributed by atoms with van der Waals surface area (Å²) in [6, 6.07) is 13.4. The number of carbonyl (C=O) groups is 1. The van der Waals surface area contributed by atoms with Crippen molar-refractivity contribution in [3.63, 3.8) is 0 Å². The third-order valence-corrected chi connectivity index (χ3v) is 3.27. The van der Waals surface area contributed by atoms with Gasteiger partial charge in [0.15, 0.2) is 5.78 Å². The van der Waals surface area contributed by atoms with Crippen LogP contribution >= 0.6 is 0 Å². The lowest BCUT2D eigenvalue weighted by atomic mass is 10.0. The summed E-state index contributed by atoms with van der Waals surface area (Å²) in [5, 5.41) is 18.5. The highest BCUT2D eigenvalue weighted by Crippen LogP contribution is 2.17. The first-order valence-electron chi connectivity index (χ1n) is 6.95. The molecule has 0 atom stereocenters. The summed E-state index contributed by atoms with van der Waals surface area (Å²) in [6.07, 6.45) is 3.58. The Bertz CT molecular complexity index is 657. The van der Waals surface area contributed by atoms with Gasteiger partial charge in [0.25, 0.3) is 0 Å². The Morgan fingerprint density at radius 2 is 1.05 bits per heavy atom. The second-order valence-corrected chi connectivity index (χ2v) is 5.17. The van der Waals surface area contributed by atoms with Gasteiger partial charge in [-0.15, -0.1) is 0 Å². The van der Waals surface area contributed by atoms with Gasteiger partial charge in [0.2, 0.25) is 0 Å². The third kappa shape index (κ3) is 4.09. The molecule has 0 bridgehead atoms. The van der Waals surface area contributed by atoms with E-state index in [0.29, 0.717) is 11.1 Å². The van der Waals surface area contributed by atoms with Crippen molar-refractivity contribution in [3.05, 3.63) is 70.8 Å². The number of hydrogen-bond acceptors (Lipinski definition) is 3. The van der Waals surface area contributed by atoms with Crippen molar-refractivity contribution in [2.45, 2.75) is 13.8 Å². The molecule has 0 unspecified atom stereocenters. The number of benzene rings is 2. The molecule has 2 N–H and O–H groups in total. The van der Waals surface area contributed by atoms with E-state index in [-0.39, 0.29) is 17.3 Å². The molecule has 0 aromatic heterocycles. The molecule has 0 saturated heterocycles. The van der Waals surface area contributed by atoms with Gasteiger partial charge in [-0.2, -0.15) is 0 Å². The average molecular weight is 294 g/mol. The number of phenols is 2. The highest BCUT2D eigenvalue weighted by Gasteiger charge is 2.07. The van der Waals surface area contributed by atoms with Gasteiger partial charge < -0.3 is 10.2 Å². The second-order valence-electron chi connectivity index (χ2n) is 5.17. The summed E-state index contributed by atoms with van der Waals surface area (Å²) < 4.78 is 0. The number of carbonyl (C=O) groups excluding carboxylic acids is 1. The molecule has 2 aromatic rings. The summed E-state index contributed by atoms with van der Waals surface area (Å²) in [7, 11) is 0. The Morgan fingerprint density at radius 3 is 1.36 bits per heavy atom. The van der Waals surface area contributed by atoms with E-state index in [1.807, 2.05) is 0 Å². The van der Waals surface area contributed by atoms with Gasteiger partial charge in [-0.25, -0.2) is 0 Å². The summed E-state index contributed by atoms with van der Waals surface area (Å²) in [4.78, 5) is 12.4. The van der Waals surface area contributed by atoms with Crippen LogP contribution in [-0.2, 0) is 4.79 Å². The zero-order valence-corrected chi connectivity index (χ0v) is 12.6. The molecular weight excluding hydrogens is 276 g/mol. The topological polar surface area (TPSA) is 57.5 Å². The van der Waals surface area contributed by atoms with Crippen molar-refractivity contribution in [2.24, 2.45) is 0 Å². The zero-order chi connectivity index (χ0) is 16.1. The number of hydrogen-bond donors (Lipinski definition) is 2. The van der Waals surface area contributed by atoms with E-state index in [1.54, 1.807) is 74.5 Å². The first-order valence-corrected chi connectivity index (χ1v) is 6.95. The first-order chi connectivity index (χ1) is 10.5. The number of allylic oxidation sites excluding steroid dienone is 2. The Kier molecular flexibility index (Phi) is 4.79. The molecular formula is C19H18O3. The second kappa shape index (κ2) is 6.76. The predicted octanol–water partition coefficient (Wildman–Crippen LogP) is 4.17. The molecule has 2 rings (SSSR count). The van der Waals surface area contributed by atoms with Crippen molar-refractivity contribution in [2.75, 3.05) is 0 Å². The van der Waals surface area contributed by atoms with Gasteiger partial charge >= 0.3 is 0 Å². The summed E-state index contributed by atoms with van der Waals surface area (Å²) in [6.45, 7) is 3.53. The summed E-state index contributed by atoms with van der Waals surface area (Å²) >= 11 is 0. The molecule has 112 valence electrons. The SMILES string of the molecule is C/C(=C/c1ccc(O)cc1)C(=O)/C(C)=C/c1ccc(O)cc1. The molecule has 0 spiro atoms. The number of aromatic hydroxyl groups is 2. The Balaban J connectivity index is 2.18. The number of rotatable bonds is 4. The highest BCUT2D eigenvalue weighted by atomic mass is 16.3. The molecule has 0 fully saturated rings. The van der Waals surface area contributed by atoms with Gasteiger partial charge in [0.05, 0.1) is 0 Å². The van der Waals surface area contributed by atoms with Gasteiger partial charge in [0, 0.05) is 0 Å². The van der Waals surface area contributed by atoms with Gasteiger partial charge in [-0.1, -0.05) is 24.3 Å². The fourth-order valence-electron chi connectivity index (χ4n) is 2.08. The first kappa shape index (κ1) is 15.6. The van der Waals surface area contributed by atoms with Crippen LogP contribution in [0.2, 0.25) is 0 Å². The molecule has 0 amide bonds. The van der Waals surface area contributed by atoms with E-state index >= 15 is 0 Å². The molecule has 0 radical (unpaired) electrons. The van der Waals surface area contributed by atoms with Crippen LogP contribution in [0.5, 0.6) is 11.5 Å². The molecule has 0 aliphatic rings. The largest absolute Gasteiger partial charge is 0.508 e. The minimum absolute atomic E-state index is 0.0406. The van der Waals surface area contributed by atoms with Crippen molar-refractivity contribution in [3.8, 4) is 11.5 Å². The Morgan fingerprint density at radius 1 is 0.727 bits per heavy atom. The maximum atomic E-state index is 12.4. The lowest BCUT2D eigenvalue weighted by molar-refractivity contribution is -0.112. The lowest BCUT2D eigenvalue weighted by Crippen LogP contribution is -2.01. The maximum Gasteiger partial charge on any atom is 0.184 e. The zero-order valence-electron chi connectivity index (χ0n) is 12.6. The van der Waals surface area contributed by atoms with Crippen molar-refractivity contribution in [1.29, 1.82) is 0 Å². The highest BCUT2D eigenvalue weighted by molar-refractivity contribution is 6.12. The third-order valence-electron chi connectivity index (χ3n) is 3.27. The van der Waals surface area contributed by atoms with Crippen LogP contribution < -0.4 is 0 Å². The fourth-order valence-corrected chi connectivity index (χ4v) is 2.08. The monoisotopic (exact) mass is 294 g/mol. The maximum absolute atomic E-state index is 12.4. The van der Waals surface area contributed by atoms with E-state index in [9.17, 15) is 15.0 Å². The summed E-state index contributed by atoms with van der Waals surface area (Å²) in [5.41, 5.74) is 2.97. The standard InChI is InChI=1S/C19H18O3/c1-13(11-15-3-7-17(20)8-4-15)19(22)14(2)12-16-5-9-18(21)10-6-16/h3-12,20-21H,1-2H3/b13-11-,14-12+. The van der Waals surface area contributed by atoms with E-state index in [4.69, 9.17) is 0 Å². The molecule has 3 heteroatoms. The molecule has 0 aliphatic carbocycles. The van der Waals surface area contributed by atoms with Crippen LogP contribution in [0.15, 0.2) is 59.7 Å². The summed E-state index contributed by atoms with van der Waals surface area (Å²) in [5.74, 6) is 0.357. The number of phenolic OH excluding ortho intramolecular Hbond substituents is 2. The van der Waals surface area contributed by atoms with E-state index in [1.165, 1.54) is 0 Å². The minimum atomic E-state index is -0.0406. The molecule has 0 heterocycles. The predicted molar refractivity (Wildman–Crippen MR) is 88.5 cm³/mol. The van der Waals surface area contributed by atoms with E-state index in [2.05, 4.69) is 0 Å². The van der Waals surface area contributed by atoms with E-state index in [0.717, 1.165) is 11.1 Å². The van der Waals surface area contributed by atoms with Crippen molar-refractivity contribution < 1.29 is 15.0 Å². The van der Waals surface area contributed by atoms with Crippen LogP contribution in [0, 0.1) is 0 Å². The Hall–Kier alpha value is -2.81. The average Bonchev–Trinajstić information content (AvgIpc) is 2.51. The molecule has 3 nitrogen and oxygen atoms in total. The van der Waals surface area contributed by atoms with Gasteiger partial charge in [-0.05, 0) is 72.5 Å². The quantitative estimate of drug-likeness (QED) is 0.832. The smallest absolute Gasteiger partial charge is 0.184 e.